The van der Waals surface area contributed by atoms with Crippen LogP contribution >= 0.6 is 0 Å². The van der Waals surface area contributed by atoms with Crippen LogP contribution in [0.2, 0.25) is 0 Å². The Bertz CT molecular complexity index is 1350. The molecule has 0 aliphatic carbocycles. The number of hydrogen-bond donors (Lipinski definition) is 0. The molecule has 0 aliphatic rings. The van der Waals surface area contributed by atoms with E-state index in [0.717, 1.165) is 16.7 Å². The highest BCUT2D eigenvalue weighted by molar-refractivity contribution is 5.89. The Balaban J connectivity index is 1.93. The van der Waals surface area contributed by atoms with Crippen molar-refractivity contribution in [1.82, 2.24) is 0 Å². The first-order valence-electron chi connectivity index (χ1n) is 12.4. The van der Waals surface area contributed by atoms with Gasteiger partial charge < -0.3 is 14.2 Å². The summed E-state index contributed by atoms with van der Waals surface area (Å²) in [5.74, 6) is -0.0969. The third-order valence-electron chi connectivity index (χ3n) is 5.41. The standard InChI is InChI=1S/C32H32O6/c1-20(2)7-18-30(33)38-29-19-25(23-8-13-26(14-9-23)36-31(34)21(3)4)12-17-28(29)24-10-15-27(16-11-24)37-32(35)22(5)6/h7-20,22H,3H2,1-2,4-6H3/b18-7+. The quantitative estimate of drug-likeness (QED) is 0.172. The molecular weight excluding hydrogens is 480 g/mol. The lowest BCUT2D eigenvalue weighted by Gasteiger charge is -2.13. The summed E-state index contributed by atoms with van der Waals surface area (Å²) in [7, 11) is 0. The summed E-state index contributed by atoms with van der Waals surface area (Å²) in [5, 5.41) is 0. The number of allylic oxidation sites excluding steroid dienone is 1. The molecule has 0 spiro atoms. The topological polar surface area (TPSA) is 78.9 Å². The average molecular weight is 513 g/mol. The van der Waals surface area contributed by atoms with E-state index in [0.29, 0.717) is 28.4 Å². The summed E-state index contributed by atoms with van der Waals surface area (Å²) in [6.07, 6.45) is 3.19. The van der Waals surface area contributed by atoms with Crippen molar-refractivity contribution in [3.05, 3.63) is 91.0 Å². The molecule has 0 radical (unpaired) electrons. The van der Waals surface area contributed by atoms with Crippen molar-refractivity contribution in [2.45, 2.75) is 34.6 Å². The van der Waals surface area contributed by atoms with Crippen molar-refractivity contribution < 1.29 is 28.6 Å². The number of carbonyl (C=O) groups excluding carboxylic acids is 3. The maximum atomic E-state index is 12.6. The van der Waals surface area contributed by atoms with E-state index in [9.17, 15) is 14.4 Å². The van der Waals surface area contributed by atoms with Crippen LogP contribution in [-0.4, -0.2) is 17.9 Å². The summed E-state index contributed by atoms with van der Waals surface area (Å²) >= 11 is 0. The van der Waals surface area contributed by atoms with E-state index in [4.69, 9.17) is 14.2 Å². The van der Waals surface area contributed by atoms with E-state index in [1.165, 1.54) is 6.08 Å². The molecule has 0 amide bonds. The largest absolute Gasteiger partial charge is 0.426 e. The van der Waals surface area contributed by atoms with Crippen molar-refractivity contribution in [2.75, 3.05) is 0 Å². The van der Waals surface area contributed by atoms with Crippen LogP contribution in [0.25, 0.3) is 22.3 Å². The van der Waals surface area contributed by atoms with Gasteiger partial charge in [-0.05, 0) is 59.9 Å². The Hall–Kier alpha value is -4.45. The Morgan fingerprint density at radius 3 is 1.84 bits per heavy atom. The van der Waals surface area contributed by atoms with Gasteiger partial charge >= 0.3 is 17.9 Å². The van der Waals surface area contributed by atoms with E-state index in [1.807, 2.05) is 50.2 Å². The Morgan fingerprint density at radius 1 is 0.737 bits per heavy atom. The first-order chi connectivity index (χ1) is 18.0. The third kappa shape index (κ3) is 7.77. The maximum absolute atomic E-state index is 12.6. The number of benzene rings is 3. The molecule has 0 saturated carbocycles. The molecule has 0 atom stereocenters. The lowest BCUT2D eigenvalue weighted by Crippen LogP contribution is -2.14. The molecule has 38 heavy (non-hydrogen) atoms. The van der Waals surface area contributed by atoms with Gasteiger partial charge in [0.25, 0.3) is 0 Å². The molecule has 0 aliphatic heterocycles. The Morgan fingerprint density at radius 2 is 1.29 bits per heavy atom. The molecule has 0 saturated heterocycles. The average Bonchev–Trinajstić information content (AvgIpc) is 2.88. The Kier molecular flexibility index (Phi) is 9.39. The Labute approximate surface area is 223 Å². The zero-order valence-electron chi connectivity index (χ0n) is 22.3. The van der Waals surface area contributed by atoms with Crippen molar-refractivity contribution >= 4 is 17.9 Å². The highest BCUT2D eigenvalue weighted by Crippen LogP contribution is 2.36. The molecule has 3 aromatic carbocycles. The fourth-order valence-electron chi connectivity index (χ4n) is 3.28. The molecule has 0 bridgehead atoms. The van der Waals surface area contributed by atoms with Gasteiger partial charge in [0.15, 0.2) is 0 Å². The fraction of sp³-hybridized carbons (Fsp3) is 0.219. The molecule has 0 N–H and O–H groups in total. The minimum atomic E-state index is -0.490. The van der Waals surface area contributed by atoms with Crippen LogP contribution in [0.15, 0.2) is 91.0 Å². The van der Waals surface area contributed by atoms with Gasteiger partial charge in [-0.25, -0.2) is 9.59 Å². The zero-order valence-corrected chi connectivity index (χ0v) is 22.3. The van der Waals surface area contributed by atoms with Crippen molar-refractivity contribution in [1.29, 1.82) is 0 Å². The molecule has 6 nitrogen and oxygen atoms in total. The fourth-order valence-corrected chi connectivity index (χ4v) is 3.28. The van der Waals surface area contributed by atoms with Crippen LogP contribution in [0.1, 0.15) is 34.6 Å². The molecule has 0 aromatic heterocycles. The van der Waals surface area contributed by atoms with E-state index in [2.05, 4.69) is 6.58 Å². The lowest BCUT2D eigenvalue weighted by atomic mass is 9.99. The molecule has 6 heteroatoms. The zero-order chi connectivity index (χ0) is 27.8. The molecule has 0 unspecified atom stereocenters. The molecule has 3 rings (SSSR count). The van der Waals surface area contributed by atoms with E-state index in [1.54, 1.807) is 57.2 Å². The molecule has 196 valence electrons. The van der Waals surface area contributed by atoms with E-state index in [-0.39, 0.29) is 17.8 Å². The monoisotopic (exact) mass is 512 g/mol. The van der Waals surface area contributed by atoms with Crippen LogP contribution in [0.3, 0.4) is 0 Å². The second-order valence-electron chi connectivity index (χ2n) is 9.53. The SMILES string of the molecule is C=C(C)C(=O)Oc1ccc(-c2ccc(-c3ccc(OC(=O)C(C)C)cc3)c(OC(=O)/C=C/C(C)C)c2)cc1. The highest BCUT2D eigenvalue weighted by atomic mass is 16.5. The van der Waals surface area contributed by atoms with Gasteiger partial charge in [-0.2, -0.15) is 0 Å². The summed E-state index contributed by atoms with van der Waals surface area (Å²) in [6.45, 7) is 12.7. The van der Waals surface area contributed by atoms with Crippen molar-refractivity contribution in [3.8, 4) is 39.5 Å². The number of esters is 3. The molecule has 0 fully saturated rings. The second-order valence-corrected chi connectivity index (χ2v) is 9.53. The van der Waals surface area contributed by atoms with E-state index >= 15 is 0 Å². The van der Waals surface area contributed by atoms with Crippen LogP contribution in [0.5, 0.6) is 17.2 Å². The molecule has 0 heterocycles. The van der Waals surface area contributed by atoms with Crippen LogP contribution in [0.4, 0.5) is 0 Å². The number of carbonyl (C=O) groups is 3. The number of ether oxygens (including phenoxy) is 3. The summed E-state index contributed by atoms with van der Waals surface area (Å²) in [4.78, 5) is 36.3. The molecular formula is C32H32O6. The minimum Gasteiger partial charge on any atom is -0.426 e. The van der Waals surface area contributed by atoms with Crippen LogP contribution in [-0.2, 0) is 14.4 Å². The van der Waals surface area contributed by atoms with Gasteiger partial charge in [0.1, 0.15) is 17.2 Å². The maximum Gasteiger partial charge on any atom is 0.338 e. The van der Waals surface area contributed by atoms with Crippen LogP contribution < -0.4 is 14.2 Å². The predicted octanol–water partition coefficient (Wildman–Crippen LogP) is 7.18. The second kappa shape index (κ2) is 12.7. The summed E-state index contributed by atoms with van der Waals surface area (Å²) in [6, 6.07) is 19.6. The lowest BCUT2D eigenvalue weighted by molar-refractivity contribution is -0.137. The van der Waals surface area contributed by atoms with Gasteiger partial charge in [-0.1, -0.05) is 76.7 Å². The predicted molar refractivity (Wildman–Crippen MR) is 148 cm³/mol. The molecule has 3 aromatic rings. The van der Waals surface area contributed by atoms with Gasteiger partial charge in [0, 0.05) is 17.2 Å². The first-order valence-corrected chi connectivity index (χ1v) is 12.4. The van der Waals surface area contributed by atoms with Gasteiger partial charge in [-0.3, -0.25) is 4.79 Å². The third-order valence-corrected chi connectivity index (χ3v) is 5.41. The van der Waals surface area contributed by atoms with Gasteiger partial charge in [0.05, 0.1) is 5.92 Å². The number of rotatable bonds is 9. The van der Waals surface area contributed by atoms with Crippen molar-refractivity contribution in [3.63, 3.8) is 0 Å². The number of hydrogen-bond acceptors (Lipinski definition) is 6. The minimum absolute atomic E-state index is 0.201. The van der Waals surface area contributed by atoms with Crippen molar-refractivity contribution in [2.24, 2.45) is 11.8 Å². The highest BCUT2D eigenvalue weighted by Gasteiger charge is 2.14. The smallest absolute Gasteiger partial charge is 0.338 e. The van der Waals surface area contributed by atoms with Crippen LogP contribution in [0, 0.1) is 11.8 Å². The van der Waals surface area contributed by atoms with E-state index < -0.39 is 11.9 Å². The normalized spacial score (nSPS) is 11.0. The first kappa shape index (κ1) is 28.1. The van der Waals surface area contributed by atoms with Gasteiger partial charge in [0.2, 0.25) is 0 Å². The summed E-state index contributed by atoms with van der Waals surface area (Å²) < 4.78 is 16.4. The summed E-state index contributed by atoms with van der Waals surface area (Å²) in [5.41, 5.74) is 3.46. The van der Waals surface area contributed by atoms with Gasteiger partial charge in [-0.15, -0.1) is 0 Å².